The van der Waals surface area contributed by atoms with E-state index >= 15 is 0 Å². The Morgan fingerprint density at radius 2 is 2.21 bits per heavy atom. The highest BCUT2D eigenvalue weighted by molar-refractivity contribution is 7.91. The molecule has 1 aliphatic rings. The van der Waals surface area contributed by atoms with Gasteiger partial charge in [-0.1, -0.05) is 0 Å². The van der Waals surface area contributed by atoms with Crippen molar-refractivity contribution < 1.29 is 18.3 Å². The Bertz CT molecular complexity index is 526. The molecule has 5 nitrogen and oxygen atoms in total. The molecule has 108 valence electrons. The van der Waals surface area contributed by atoms with Crippen LogP contribution in [0.1, 0.15) is 18.7 Å². The molecule has 0 aromatic carbocycles. The summed E-state index contributed by atoms with van der Waals surface area (Å²) in [5.74, 6) is 0. The molecule has 0 amide bonds. The van der Waals surface area contributed by atoms with Crippen LogP contribution in [0.15, 0.2) is 16.3 Å². The Labute approximate surface area is 117 Å². The van der Waals surface area contributed by atoms with Gasteiger partial charge in [0.1, 0.15) is 4.21 Å². The van der Waals surface area contributed by atoms with E-state index in [-0.39, 0.29) is 18.8 Å². The number of morpholine rings is 1. The fraction of sp³-hybridized carbons (Fsp3) is 0.667. The third-order valence-electron chi connectivity index (χ3n) is 3.11. The molecule has 2 rings (SSSR count). The zero-order chi connectivity index (χ0) is 14.0. The van der Waals surface area contributed by atoms with E-state index in [0.717, 1.165) is 4.88 Å². The molecule has 0 radical (unpaired) electrons. The molecule has 19 heavy (non-hydrogen) atoms. The normalized spacial score (nSPS) is 25.6. The minimum Gasteiger partial charge on any atom is -0.396 e. The Balaban J connectivity index is 2.24. The second kappa shape index (κ2) is 5.88. The number of thiophene rings is 1. The van der Waals surface area contributed by atoms with Gasteiger partial charge in [-0.15, -0.1) is 11.3 Å². The summed E-state index contributed by atoms with van der Waals surface area (Å²) in [4.78, 5) is 0.884. The molecule has 1 saturated heterocycles. The topological polar surface area (TPSA) is 66.8 Å². The number of hydrogen-bond donors (Lipinski definition) is 1. The van der Waals surface area contributed by atoms with Crippen LogP contribution in [0.25, 0.3) is 0 Å². The molecular weight excluding hydrogens is 286 g/mol. The summed E-state index contributed by atoms with van der Waals surface area (Å²) in [6, 6.07) is 3.24. The molecule has 7 heteroatoms. The second-order valence-corrected chi connectivity index (χ2v) is 8.05. The van der Waals surface area contributed by atoms with Crippen LogP contribution in [0.2, 0.25) is 0 Å². The number of ether oxygens (including phenoxy) is 1. The van der Waals surface area contributed by atoms with Gasteiger partial charge in [-0.25, -0.2) is 8.42 Å². The zero-order valence-corrected chi connectivity index (χ0v) is 12.7. The molecule has 2 atom stereocenters. The number of nitrogens with zero attached hydrogens (tertiary/aromatic N) is 1. The van der Waals surface area contributed by atoms with E-state index in [1.54, 1.807) is 12.1 Å². The second-order valence-electron chi connectivity index (χ2n) is 4.76. The number of sulfonamides is 1. The van der Waals surface area contributed by atoms with Crippen molar-refractivity contribution in [3.05, 3.63) is 17.0 Å². The predicted molar refractivity (Wildman–Crippen MR) is 73.9 cm³/mol. The van der Waals surface area contributed by atoms with Gasteiger partial charge in [0, 0.05) is 30.5 Å². The maximum absolute atomic E-state index is 12.6. The lowest BCUT2D eigenvalue weighted by Crippen LogP contribution is -2.49. The largest absolute Gasteiger partial charge is 0.396 e. The van der Waals surface area contributed by atoms with Crippen molar-refractivity contribution in [3.63, 3.8) is 0 Å². The molecule has 1 aromatic rings. The van der Waals surface area contributed by atoms with Gasteiger partial charge in [0.15, 0.2) is 0 Å². The van der Waals surface area contributed by atoms with Crippen molar-refractivity contribution in [1.29, 1.82) is 0 Å². The first kappa shape index (κ1) is 14.9. The van der Waals surface area contributed by atoms with Gasteiger partial charge >= 0.3 is 0 Å². The van der Waals surface area contributed by atoms with Crippen LogP contribution in [-0.4, -0.2) is 49.7 Å². The lowest BCUT2D eigenvalue weighted by Gasteiger charge is -2.35. The van der Waals surface area contributed by atoms with Gasteiger partial charge in [0.05, 0.1) is 12.7 Å². The summed E-state index contributed by atoms with van der Waals surface area (Å²) < 4.78 is 32.5. The molecule has 0 saturated carbocycles. The van der Waals surface area contributed by atoms with E-state index in [1.807, 2.05) is 13.8 Å². The average Bonchev–Trinajstić information content (AvgIpc) is 2.82. The number of rotatable bonds is 4. The average molecular weight is 305 g/mol. The summed E-state index contributed by atoms with van der Waals surface area (Å²) in [6.45, 7) is 4.57. The Morgan fingerprint density at radius 1 is 1.47 bits per heavy atom. The molecular formula is C12H19NO4S2. The summed E-state index contributed by atoms with van der Waals surface area (Å²) >= 11 is 1.23. The molecule has 1 aliphatic heterocycles. The van der Waals surface area contributed by atoms with Gasteiger partial charge in [-0.3, -0.25) is 0 Å². The quantitative estimate of drug-likeness (QED) is 0.904. The Kier molecular flexibility index (Phi) is 4.62. The van der Waals surface area contributed by atoms with E-state index in [2.05, 4.69) is 0 Å². The third-order valence-corrected chi connectivity index (χ3v) is 6.70. The van der Waals surface area contributed by atoms with Gasteiger partial charge in [0.25, 0.3) is 10.0 Å². The van der Waals surface area contributed by atoms with E-state index in [1.165, 1.54) is 15.6 Å². The molecule has 0 aliphatic carbocycles. The Morgan fingerprint density at radius 3 is 2.89 bits per heavy atom. The lowest BCUT2D eigenvalue weighted by atomic mass is 10.2. The molecule has 2 unspecified atom stereocenters. The van der Waals surface area contributed by atoms with Crippen LogP contribution in [0.5, 0.6) is 0 Å². The van der Waals surface area contributed by atoms with Gasteiger partial charge in [0.2, 0.25) is 0 Å². The first-order chi connectivity index (χ1) is 8.95. The first-order valence-electron chi connectivity index (χ1n) is 6.28. The highest BCUT2D eigenvalue weighted by Crippen LogP contribution is 2.28. The minimum absolute atomic E-state index is 0.0327. The molecule has 2 heterocycles. The van der Waals surface area contributed by atoms with Crippen LogP contribution in [0.3, 0.4) is 0 Å². The van der Waals surface area contributed by atoms with E-state index < -0.39 is 10.0 Å². The summed E-state index contributed by atoms with van der Waals surface area (Å²) in [5, 5.41) is 8.89. The van der Waals surface area contributed by atoms with Crippen molar-refractivity contribution in [2.75, 3.05) is 19.8 Å². The molecule has 0 bridgehead atoms. The smallest absolute Gasteiger partial charge is 0.252 e. The molecule has 1 aromatic heterocycles. The fourth-order valence-electron chi connectivity index (χ4n) is 2.06. The lowest BCUT2D eigenvalue weighted by molar-refractivity contribution is -0.0170. The van der Waals surface area contributed by atoms with Crippen LogP contribution in [-0.2, 0) is 21.2 Å². The maximum Gasteiger partial charge on any atom is 0.252 e. The molecule has 0 spiro atoms. The number of aliphatic hydroxyl groups is 1. The predicted octanol–water partition coefficient (Wildman–Crippen LogP) is 1.08. The van der Waals surface area contributed by atoms with E-state index in [4.69, 9.17) is 9.84 Å². The highest BCUT2D eigenvalue weighted by atomic mass is 32.2. The van der Waals surface area contributed by atoms with Crippen molar-refractivity contribution in [2.45, 2.75) is 36.6 Å². The van der Waals surface area contributed by atoms with Crippen LogP contribution in [0, 0.1) is 0 Å². The molecule has 1 fully saturated rings. The van der Waals surface area contributed by atoms with Gasteiger partial charge in [-0.05, 0) is 26.0 Å². The third kappa shape index (κ3) is 3.17. The highest BCUT2D eigenvalue weighted by Gasteiger charge is 2.34. The number of hydrogen-bond acceptors (Lipinski definition) is 5. The fourth-order valence-corrected chi connectivity index (χ4v) is 5.23. The van der Waals surface area contributed by atoms with Crippen LogP contribution < -0.4 is 0 Å². The van der Waals surface area contributed by atoms with Crippen molar-refractivity contribution in [3.8, 4) is 0 Å². The van der Waals surface area contributed by atoms with Crippen LogP contribution >= 0.6 is 11.3 Å². The summed E-state index contributed by atoms with van der Waals surface area (Å²) in [6.07, 6.45) is 0.415. The minimum atomic E-state index is -3.45. The zero-order valence-electron chi connectivity index (χ0n) is 11.1. The maximum atomic E-state index is 12.6. The van der Waals surface area contributed by atoms with Gasteiger partial charge in [-0.2, -0.15) is 4.31 Å². The molecule has 1 N–H and O–H groups in total. The monoisotopic (exact) mass is 305 g/mol. The van der Waals surface area contributed by atoms with E-state index in [9.17, 15) is 8.42 Å². The van der Waals surface area contributed by atoms with Crippen molar-refractivity contribution >= 4 is 21.4 Å². The van der Waals surface area contributed by atoms with E-state index in [0.29, 0.717) is 23.8 Å². The first-order valence-corrected chi connectivity index (χ1v) is 8.54. The number of aliphatic hydroxyl groups excluding tert-OH is 1. The van der Waals surface area contributed by atoms with Crippen molar-refractivity contribution in [2.24, 2.45) is 0 Å². The summed E-state index contributed by atoms with van der Waals surface area (Å²) in [5.41, 5.74) is 0. The summed E-state index contributed by atoms with van der Waals surface area (Å²) in [7, 11) is -3.45. The van der Waals surface area contributed by atoms with Crippen molar-refractivity contribution in [1.82, 2.24) is 4.31 Å². The SMILES string of the molecule is CC1CN(S(=O)(=O)c2ccc(CCO)s2)C(C)CO1. The Hall–Kier alpha value is -0.470. The standard InChI is InChI=1S/C12H19NO4S2/c1-9-8-17-10(2)7-13(9)19(15,16)12-4-3-11(18-12)5-6-14/h3-4,9-10,14H,5-8H2,1-2H3. The van der Waals surface area contributed by atoms with Crippen LogP contribution in [0.4, 0.5) is 0 Å². The van der Waals surface area contributed by atoms with Gasteiger partial charge < -0.3 is 9.84 Å².